The van der Waals surface area contributed by atoms with Gasteiger partial charge in [-0.15, -0.1) is 0 Å². The van der Waals surface area contributed by atoms with Crippen LogP contribution in [-0.2, 0) is 4.79 Å². The molecule has 3 rings (SSSR count). The Morgan fingerprint density at radius 1 is 1.35 bits per heavy atom. The molecule has 0 saturated carbocycles. The zero-order chi connectivity index (χ0) is 13.9. The van der Waals surface area contributed by atoms with Crippen LogP contribution in [0.1, 0.15) is 12.8 Å². The van der Waals surface area contributed by atoms with Crippen molar-refractivity contribution in [2.45, 2.75) is 12.8 Å². The van der Waals surface area contributed by atoms with Gasteiger partial charge in [0.15, 0.2) is 11.5 Å². The molecule has 2 aliphatic heterocycles. The second kappa shape index (κ2) is 6.01. The molecule has 108 valence electrons. The average molecular weight is 341 g/mol. The highest BCUT2D eigenvalue weighted by atomic mass is 79.9. The molecule has 1 aromatic carbocycles. The minimum atomic E-state index is 0.0380. The average Bonchev–Trinajstić information content (AvgIpc) is 2.92. The monoisotopic (exact) mass is 340 g/mol. The lowest BCUT2D eigenvalue weighted by molar-refractivity contribution is -0.116. The number of ether oxygens (including phenoxy) is 2. The van der Waals surface area contributed by atoms with Crippen molar-refractivity contribution in [1.29, 1.82) is 0 Å². The molecule has 20 heavy (non-hydrogen) atoms. The van der Waals surface area contributed by atoms with Gasteiger partial charge in [-0.1, -0.05) is 0 Å². The van der Waals surface area contributed by atoms with Crippen LogP contribution in [0.4, 0.5) is 5.69 Å². The van der Waals surface area contributed by atoms with Gasteiger partial charge in [0, 0.05) is 23.0 Å². The molecule has 1 atom stereocenters. The Morgan fingerprint density at radius 3 is 2.80 bits per heavy atom. The topological polar surface area (TPSA) is 59.6 Å². The highest BCUT2D eigenvalue weighted by molar-refractivity contribution is 9.10. The number of rotatable bonds is 3. The number of hydrogen-bond acceptors (Lipinski definition) is 4. The minimum Gasteiger partial charge on any atom is -0.486 e. The van der Waals surface area contributed by atoms with Gasteiger partial charge in [-0.25, -0.2) is 0 Å². The maximum Gasteiger partial charge on any atom is 0.224 e. The van der Waals surface area contributed by atoms with Crippen molar-refractivity contribution >= 4 is 27.5 Å². The predicted octanol–water partition coefficient (Wildman–Crippen LogP) is 2.16. The molecule has 1 saturated heterocycles. The maximum atomic E-state index is 12.1. The first-order chi connectivity index (χ1) is 9.72. The van der Waals surface area contributed by atoms with E-state index in [9.17, 15) is 4.79 Å². The summed E-state index contributed by atoms with van der Waals surface area (Å²) in [5.74, 6) is 1.86. The summed E-state index contributed by atoms with van der Waals surface area (Å²) in [6, 6.07) is 3.64. The van der Waals surface area contributed by atoms with Gasteiger partial charge in [0.05, 0.1) is 5.69 Å². The van der Waals surface area contributed by atoms with Crippen molar-refractivity contribution < 1.29 is 14.3 Å². The van der Waals surface area contributed by atoms with Crippen LogP contribution in [0.3, 0.4) is 0 Å². The van der Waals surface area contributed by atoms with Gasteiger partial charge in [0.2, 0.25) is 5.91 Å². The lowest BCUT2D eigenvalue weighted by Crippen LogP contribution is -2.19. The molecule has 0 bridgehead atoms. The Balaban J connectivity index is 1.68. The van der Waals surface area contributed by atoms with Gasteiger partial charge in [-0.05, 0) is 41.4 Å². The molecule has 1 amide bonds. The van der Waals surface area contributed by atoms with Crippen molar-refractivity contribution in [1.82, 2.24) is 5.32 Å². The molecular weight excluding hydrogens is 324 g/mol. The summed E-state index contributed by atoms with van der Waals surface area (Å²) in [5, 5.41) is 6.21. The summed E-state index contributed by atoms with van der Waals surface area (Å²) in [7, 11) is 0. The second-order valence-corrected chi connectivity index (χ2v) is 5.94. The fourth-order valence-electron chi connectivity index (χ4n) is 2.51. The fourth-order valence-corrected chi connectivity index (χ4v) is 2.93. The first-order valence-electron chi connectivity index (χ1n) is 6.82. The number of benzene rings is 1. The maximum absolute atomic E-state index is 12.1. The van der Waals surface area contributed by atoms with E-state index < -0.39 is 0 Å². The van der Waals surface area contributed by atoms with Crippen LogP contribution in [0.25, 0.3) is 0 Å². The molecule has 1 unspecified atom stereocenters. The Morgan fingerprint density at radius 2 is 2.10 bits per heavy atom. The summed E-state index contributed by atoms with van der Waals surface area (Å²) in [4.78, 5) is 12.1. The third-order valence-electron chi connectivity index (χ3n) is 3.54. The van der Waals surface area contributed by atoms with Gasteiger partial charge in [-0.3, -0.25) is 4.79 Å². The molecule has 0 aliphatic carbocycles. The number of anilines is 1. The number of carbonyl (C=O) groups excluding carboxylic acids is 1. The van der Waals surface area contributed by atoms with Crippen LogP contribution in [0.15, 0.2) is 16.6 Å². The predicted molar refractivity (Wildman–Crippen MR) is 79.4 cm³/mol. The summed E-state index contributed by atoms with van der Waals surface area (Å²) < 4.78 is 11.8. The van der Waals surface area contributed by atoms with Crippen LogP contribution < -0.4 is 20.1 Å². The fraction of sp³-hybridized carbons (Fsp3) is 0.500. The molecule has 2 heterocycles. The Hall–Kier alpha value is -1.27. The number of amides is 1. The third kappa shape index (κ3) is 3.07. The summed E-state index contributed by atoms with van der Waals surface area (Å²) >= 11 is 3.45. The zero-order valence-electron chi connectivity index (χ0n) is 11.1. The van der Waals surface area contributed by atoms with Gasteiger partial charge in [-0.2, -0.15) is 0 Å². The van der Waals surface area contributed by atoms with E-state index in [-0.39, 0.29) is 5.91 Å². The molecule has 1 fully saturated rings. The Bertz CT molecular complexity index is 515. The molecular formula is C14H17BrN2O3. The van der Waals surface area contributed by atoms with Crippen LogP contribution >= 0.6 is 15.9 Å². The van der Waals surface area contributed by atoms with E-state index in [0.29, 0.717) is 37.1 Å². The number of carbonyl (C=O) groups is 1. The van der Waals surface area contributed by atoms with E-state index in [4.69, 9.17) is 9.47 Å². The van der Waals surface area contributed by atoms with Crippen LogP contribution in [-0.4, -0.2) is 32.2 Å². The molecule has 0 radical (unpaired) electrons. The van der Waals surface area contributed by atoms with Crippen molar-refractivity contribution in [3.8, 4) is 11.5 Å². The summed E-state index contributed by atoms with van der Waals surface area (Å²) in [6.45, 7) is 3.02. The van der Waals surface area contributed by atoms with Crippen LogP contribution in [0.5, 0.6) is 11.5 Å². The SMILES string of the molecule is O=C(CC1CCNC1)Nc1cc2c(cc1Br)OCCO2. The van der Waals surface area contributed by atoms with E-state index in [1.165, 1.54) is 0 Å². The molecule has 2 N–H and O–H groups in total. The summed E-state index contributed by atoms with van der Waals surface area (Å²) in [6.07, 6.45) is 1.61. The van der Waals surface area contributed by atoms with Gasteiger partial charge in [0.25, 0.3) is 0 Å². The quantitative estimate of drug-likeness (QED) is 0.885. The molecule has 5 nitrogen and oxygen atoms in total. The zero-order valence-corrected chi connectivity index (χ0v) is 12.7. The summed E-state index contributed by atoms with van der Waals surface area (Å²) in [5.41, 5.74) is 0.727. The van der Waals surface area contributed by atoms with E-state index in [0.717, 1.165) is 29.7 Å². The molecule has 0 spiro atoms. The van der Waals surface area contributed by atoms with E-state index in [1.807, 2.05) is 12.1 Å². The molecule has 0 aromatic heterocycles. The Labute approximate surface area is 126 Å². The van der Waals surface area contributed by atoms with Crippen molar-refractivity contribution in [3.63, 3.8) is 0 Å². The Kier molecular flexibility index (Phi) is 4.12. The number of nitrogens with one attached hydrogen (secondary N) is 2. The standard InChI is InChI=1S/C14H17BrN2O3/c15-10-6-12-13(20-4-3-19-12)7-11(10)17-14(18)5-9-1-2-16-8-9/h6-7,9,16H,1-5,8H2,(H,17,18). The third-order valence-corrected chi connectivity index (χ3v) is 4.20. The van der Waals surface area contributed by atoms with Crippen molar-refractivity contribution in [2.24, 2.45) is 5.92 Å². The smallest absolute Gasteiger partial charge is 0.224 e. The van der Waals surface area contributed by atoms with Crippen molar-refractivity contribution in [3.05, 3.63) is 16.6 Å². The largest absolute Gasteiger partial charge is 0.486 e. The number of hydrogen-bond donors (Lipinski definition) is 2. The van der Waals surface area contributed by atoms with Crippen molar-refractivity contribution in [2.75, 3.05) is 31.6 Å². The van der Waals surface area contributed by atoms with E-state index >= 15 is 0 Å². The second-order valence-electron chi connectivity index (χ2n) is 5.09. The minimum absolute atomic E-state index is 0.0380. The highest BCUT2D eigenvalue weighted by Crippen LogP contribution is 2.38. The van der Waals surface area contributed by atoms with Gasteiger partial charge in [0.1, 0.15) is 13.2 Å². The molecule has 1 aromatic rings. The number of fused-ring (bicyclic) bond motifs is 1. The first kappa shape index (κ1) is 13.7. The van der Waals surface area contributed by atoms with Crippen LogP contribution in [0, 0.1) is 5.92 Å². The number of halogens is 1. The molecule has 6 heteroatoms. The first-order valence-corrected chi connectivity index (χ1v) is 7.61. The van der Waals surface area contributed by atoms with E-state index in [2.05, 4.69) is 26.6 Å². The lowest BCUT2D eigenvalue weighted by Gasteiger charge is -2.20. The lowest BCUT2D eigenvalue weighted by atomic mass is 10.0. The highest BCUT2D eigenvalue weighted by Gasteiger charge is 2.20. The van der Waals surface area contributed by atoms with Gasteiger partial charge < -0.3 is 20.1 Å². The van der Waals surface area contributed by atoms with E-state index in [1.54, 1.807) is 0 Å². The normalized spacial score (nSPS) is 20.8. The van der Waals surface area contributed by atoms with Crippen LogP contribution in [0.2, 0.25) is 0 Å². The van der Waals surface area contributed by atoms with Gasteiger partial charge >= 0.3 is 0 Å². The molecule has 2 aliphatic rings.